The maximum absolute atomic E-state index is 12.5. The number of anilines is 1. The Morgan fingerprint density at radius 3 is 2.43 bits per heavy atom. The Balaban J connectivity index is 1.76. The molecular formula is C23H29N3O4. The van der Waals surface area contributed by atoms with E-state index in [1.165, 1.54) is 0 Å². The van der Waals surface area contributed by atoms with E-state index in [4.69, 9.17) is 4.74 Å². The minimum absolute atomic E-state index is 0.238. The Bertz CT molecular complexity index is 947. The van der Waals surface area contributed by atoms with Crippen LogP contribution in [-0.4, -0.2) is 58.8 Å². The second-order valence-corrected chi connectivity index (χ2v) is 8.94. The van der Waals surface area contributed by atoms with Crippen molar-refractivity contribution in [3.05, 3.63) is 48.3 Å². The maximum atomic E-state index is 12.5. The molecule has 0 aliphatic heterocycles. The van der Waals surface area contributed by atoms with Crippen molar-refractivity contribution in [2.24, 2.45) is 0 Å². The summed E-state index contributed by atoms with van der Waals surface area (Å²) in [4.78, 5) is 31.9. The number of aromatic nitrogens is 1. The average Bonchev–Trinajstić information content (AvgIpc) is 3.46. The summed E-state index contributed by atoms with van der Waals surface area (Å²) in [5, 5.41) is 9.23. The molecule has 1 aromatic heterocycles. The van der Waals surface area contributed by atoms with E-state index in [0.29, 0.717) is 6.54 Å². The number of carboxylic acids is 1. The smallest absolute Gasteiger partial charge is 0.410 e. The Morgan fingerprint density at radius 1 is 1.13 bits per heavy atom. The molecule has 0 unspecified atom stereocenters. The molecule has 1 fully saturated rings. The van der Waals surface area contributed by atoms with E-state index in [2.05, 4.69) is 9.88 Å². The van der Waals surface area contributed by atoms with Crippen LogP contribution in [-0.2, 0) is 4.74 Å². The lowest BCUT2D eigenvalue weighted by Gasteiger charge is -2.34. The summed E-state index contributed by atoms with van der Waals surface area (Å²) in [7, 11) is 3.76. The van der Waals surface area contributed by atoms with E-state index in [9.17, 15) is 14.7 Å². The van der Waals surface area contributed by atoms with E-state index < -0.39 is 11.6 Å². The zero-order chi connectivity index (χ0) is 22.1. The maximum Gasteiger partial charge on any atom is 0.410 e. The molecule has 0 atom stereocenters. The number of carboxylic acid groups (broad SMARTS) is 1. The van der Waals surface area contributed by atoms with Gasteiger partial charge in [0.1, 0.15) is 5.60 Å². The molecule has 0 radical (unpaired) electrons. The lowest BCUT2D eigenvalue weighted by atomic mass is 10.0. The number of hydrogen-bond donors (Lipinski definition) is 1. The van der Waals surface area contributed by atoms with Crippen LogP contribution in [0.15, 0.2) is 42.7 Å². The molecule has 1 aliphatic carbocycles. The molecule has 160 valence electrons. The first-order valence-electron chi connectivity index (χ1n) is 9.97. The summed E-state index contributed by atoms with van der Waals surface area (Å²) in [6, 6.07) is 8.79. The van der Waals surface area contributed by atoms with E-state index >= 15 is 0 Å². The molecule has 0 spiro atoms. The van der Waals surface area contributed by atoms with Crippen molar-refractivity contribution in [1.29, 1.82) is 0 Å². The fraction of sp³-hybridized carbons (Fsp3) is 0.435. The zero-order valence-electron chi connectivity index (χ0n) is 18.2. The van der Waals surface area contributed by atoms with Crippen LogP contribution < -0.4 is 4.90 Å². The third kappa shape index (κ3) is 4.90. The van der Waals surface area contributed by atoms with Crippen LogP contribution in [0.25, 0.3) is 11.1 Å². The van der Waals surface area contributed by atoms with Crippen molar-refractivity contribution in [1.82, 2.24) is 9.88 Å². The van der Waals surface area contributed by atoms with Crippen molar-refractivity contribution in [2.45, 2.75) is 44.8 Å². The van der Waals surface area contributed by atoms with Gasteiger partial charge < -0.3 is 19.6 Å². The monoisotopic (exact) mass is 411 g/mol. The van der Waals surface area contributed by atoms with Gasteiger partial charge in [-0.2, -0.15) is 0 Å². The molecule has 3 rings (SSSR count). The Labute approximate surface area is 177 Å². The fourth-order valence-electron chi connectivity index (χ4n) is 3.43. The molecule has 1 aromatic carbocycles. The highest BCUT2D eigenvalue weighted by Gasteiger charge is 2.50. The molecule has 0 saturated heterocycles. The summed E-state index contributed by atoms with van der Waals surface area (Å²) >= 11 is 0. The lowest BCUT2D eigenvalue weighted by molar-refractivity contribution is 0.0202. The molecule has 7 nitrogen and oxygen atoms in total. The number of benzene rings is 1. The highest BCUT2D eigenvalue weighted by molar-refractivity contribution is 5.89. The number of amides is 1. The fourth-order valence-corrected chi connectivity index (χ4v) is 3.43. The lowest BCUT2D eigenvalue weighted by Crippen LogP contribution is -2.48. The first-order valence-corrected chi connectivity index (χ1v) is 9.97. The molecule has 1 amide bonds. The van der Waals surface area contributed by atoms with Crippen molar-refractivity contribution in [2.75, 3.05) is 25.5 Å². The van der Waals surface area contributed by atoms with E-state index in [1.807, 2.05) is 40.0 Å². The summed E-state index contributed by atoms with van der Waals surface area (Å²) in [5.41, 5.74) is 1.99. The Kier molecular flexibility index (Phi) is 5.74. The van der Waals surface area contributed by atoms with Crippen LogP contribution in [0.1, 0.15) is 44.0 Å². The molecule has 1 saturated carbocycles. The number of aromatic carboxylic acids is 1. The van der Waals surface area contributed by atoms with Gasteiger partial charge in [0.25, 0.3) is 0 Å². The number of pyridine rings is 1. The predicted octanol–water partition coefficient (Wildman–Crippen LogP) is 4.28. The van der Waals surface area contributed by atoms with Crippen LogP contribution in [0.4, 0.5) is 10.5 Å². The third-order valence-corrected chi connectivity index (χ3v) is 5.34. The summed E-state index contributed by atoms with van der Waals surface area (Å²) < 4.78 is 5.53. The van der Waals surface area contributed by atoms with Crippen LogP contribution >= 0.6 is 0 Å². The highest BCUT2D eigenvalue weighted by Crippen LogP contribution is 2.42. The second kappa shape index (κ2) is 7.97. The van der Waals surface area contributed by atoms with Gasteiger partial charge in [-0.15, -0.1) is 0 Å². The van der Waals surface area contributed by atoms with Crippen molar-refractivity contribution >= 4 is 17.7 Å². The third-order valence-electron chi connectivity index (χ3n) is 5.34. The van der Waals surface area contributed by atoms with Gasteiger partial charge in [-0.1, -0.05) is 12.1 Å². The summed E-state index contributed by atoms with van der Waals surface area (Å²) in [5.74, 6) is -0.959. The first-order chi connectivity index (χ1) is 14.0. The van der Waals surface area contributed by atoms with Gasteiger partial charge in [0.2, 0.25) is 0 Å². The Morgan fingerprint density at radius 2 is 1.83 bits per heavy atom. The number of likely N-dealkylation sites (N-methyl/N-ethyl adjacent to an activating group) is 2. The molecule has 0 bridgehead atoms. The van der Waals surface area contributed by atoms with Gasteiger partial charge >= 0.3 is 12.1 Å². The molecule has 7 heteroatoms. The van der Waals surface area contributed by atoms with Crippen LogP contribution in [0.2, 0.25) is 0 Å². The van der Waals surface area contributed by atoms with E-state index in [0.717, 1.165) is 29.7 Å². The second-order valence-electron chi connectivity index (χ2n) is 8.94. The SMILES string of the molecule is CN(CC1(N(C)C(=O)OC(C)(C)C)CC1)c1cncc(-c2cccc(C(=O)O)c2)c1. The number of ether oxygens (including phenoxy) is 1. The minimum atomic E-state index is -0.959. The van der Waals surface area contributed by atoms with Crippen molar-refractivity contribution < 1.29 is 19.4 Å². The quantitative estimate of drug-likeness (QED) is 0.764. The standard InChI is InChI=1S/C23H29N3O4/c1-22(2,3)30-21(29)26(5)23(9-10-23)15-25(4)19-12-18(13-24-14-19)16-7-6-8-17(11-16)20(27)28/h6-8,11-14H,9-10,15H2,1-5H3,(H,27,28). The largest absolute Gasteiger partial charge is 0.478 e. The van der Waals surface area contributed by atoms with Gasteiger partial charge in [0.15, 0.2) is 0 Å². The number of hydrogen-bond acceptors (Lipinski definition) is 5. The molecule has 1 heterocycles. The highest BCUT2D eigenvalue weighted by atomic mass is 16.6. The normalized spacial score (nSPS) is 14.7. The van der Waals surface area contributed by atoms with Crippen molar-refractivity contribution in [3.63, 3.8) is 0 Å². The average molecular weight is 412 g/mol. The number of carbonyl (C=O) groups excluding carboxylic acids is 1. The molecule has 2 aromatic rings. The van der Waals surface area contributed by atoms with E-state index in [-0.39, 0.29) is 17.2 Å². The zero-order valence-corrected chi connectivity index (χ0v) is 18.2. The number of rotatable bonds is 6. The van der Waals surface area contributed by atoms with Crippen LogP contribution in [0.5, 0.6) is 0 Å². The first kappa shape index (κ1) is 21.6. The number of carbonyl (C=O) groups is 2. The predicted molar refractivity (Wildman–Crippen MR) is 116 cm³/mol. The van der Waals surface area contributed by atoms with Crippen LogP contribution in [0, 0.1) is 0 Å². The molecule has 30 heavy (non-hydrogen) atoms. The van der Waals surface area contributed by atoms with Crippen LogP contribution in [0.3, 0.4) is 0 Å². The minimum Gasteiger partial charge on any atom is -0.478 e. The molecule has 1 aliphatic rings. The molecule has 1 N–H and O–H groups in total. The van der Waals surface area contributed by atoms with E-state index in [1.54, 1.807) is 42.5 Å². The van der Waals surface area contributed by atoms with Gasteiger partial charge in [-0.05, 0) is 57.4 Å². The van der Waals surface area contributed by atoms with Gasteiger partial charge in [-0.25, -0.2) is 9.59 Å². The van der Waals surface area contributed by atoms with Gasteiger partial charge in [0, 0.05) is 32.4 Å². The topological polar surface area (TPSA) is 83.0 Å². The number of nitrogens with zero attached hydrogens (tertiary/aromatic N) is 3. The Hall–Kier alpha value is -3.09. The van der Waals surface area contributed by atoms with Crippen molar-refractivity contribution in [3.8, 4) is 11.1 Å². The molecular weight excluding hydrogens is 382 g/mol. The summed E-state index contributed by atoms with van der Waals surface area (Å²) in [6.45, 7) is 6.24. The van der Waals surface area contributed by atoms with Gasteiger partial charge in [0.05, 0.1) is 23.0 Å². The summed E-state index contributed by atoms with van der Waals surface area (Å²) in [6.07, 6.45) is 5.01. The van der Waals surface area contributed by atoms with Gasteiger partial charge in [-0.3, -0.25) is 4.98 Å².